The zero-order valence-electron chi connectivity index (χ0n) is 16.2. The molecule has 4 rings (SSSR count). The number of hydrogen-bond donors (Lipinski definition) is 0. The number of nitrogens with zero attached hydrogens (tertiary/aromatic N) is 2. The molecule has 0 bridgehead atoms. The van der Waals surface area contributed by atoms with Gasteiger partial charge in [0.05, 0.1) is 23.7 Å². The lowest BCUT2D eigenvalue weighted by molar-refractivity contribution is 0.325. The molecule has 0 unspecified atom stereocenters. The minimum absolute atomic E-state index is 0.639. The Balaban J connectivity index is 1.73. The van der Waals surface area contributed by atoms with Crippen LogP contribution in [0.4, 0.5) is 0 Å². The summed E-state index contributed by atoms with van der Waals surface area (Å²) in [4.78, 5) is 9.35. The second-order valence-corrected chi connectivity index (χ2v) is 6.66. The number of aromatic nitrogens is 2. The molecule has 142 valence electrons. The highest BCUT2D eigenvalue weighted by atomic mass is 16.5. The highest BCUT2D eigenvalue weighted by Gasteiger charge is 2.09. The van der Waals surface area contributed by atoms with E-state index in [1.54, 1.807) is 6.20 Å². The van der Waals surface area contributed by atoms with Crippen molar-refractivity contribution in [3.63, 3.8) is 0 Å². The van der Waals surface area contributed by atoms with Gasteiger partial charge in [0.1, 0.15) is 5.75 Å². The van der Waals surface area contributed by atoms with Gasteiger partial charge in [-0.25, -0.2) is 4.98 Å². The van der Waals surface area contributed by atoms with Crippen LogP contribution in [0.2, 0.25) is 0 Å². The smallest absolute Gasteiger partial charge is 0.119 e. The highest BCUT2D eigenvalue weighted by Crippen LogP contribution is 2.30. The largest absolute Gasteiger partial charge is 0.493 e. The maximum absolute atomic E-state index is 5.73. The van der Waals surface area contributed by atoms with Crippen molar-refractivity contribution in [2.24, 2.45) is 0 Å². The Morgan fingerprint density at radius 3 is 2.21 bits per heavy atom. The topological polar surface area (TPSA) is 35.0 Å². The van der Waals surface area contributed by atoms with Gasteiger partial charge in [-0.2, -0.15) is 0 Å². The van der Waals surface area contributed by atoms with Crippen molar-refractivity contribution in [2.75, 3.05) is 6.61 Å². The van der Waals surface area contributed by atoms with E-state index in [-0.39, 0.29) is 0 Å². The van der Waals surface area contributed by atoms with Gasteiger partial charge in [-0.15, -0.1) is 6.58 Å². The Hall–Kier alpha value is -3.72. The first-order chi connectivity index (χ1) is 14.3. The summed E-state index contributed by atoms with van der Waals surface area (Å²) < 4.78 is 5.73. The summed E-state index contributed by atoms with van der Waals surface area (Å²) in [6.45, 7) is 4.36. The summed E-state index contributed by atoms with van der Waals surface area (Å²) in [5, 5.41) is 0. The van der Waals surface area contributed by atoms with Crippen LogP contribution in [0.25, 0.3) is 33.8 Å². The van der Waals surface area contributed by atoms with Crippen molar-refractivity contribution in [3.8, 4) is 39.5 Å². The van der Waals surface area contributed by atoms with E-state index in [0.717, 1.165) is 45.9 Å². The lowest BCUT2D eigenvalue weighted by atomic mass is 10.0. The first kappa shape index (κ1) is 18.6. The Bertz CT molecular complexity index is 1020. The Labute approximate surface area is 171 Å². The van der Waals surface area contributed by atoms with Gasteiger partial charge in [0.25, 0.3) is 0 Å². The number of benzene rings is 2. The molecule has 2 heterocycles. The van der Waals surface area contributed by atoms with Crippen molar-refractivity contribution in [2.45, 2.75) is 6.42 Å². The molecule has 0 aliphatic rings. The predicted octanol–water partition coefficient (Wildman–Crippen LogP) is 6.43. The highest BCUT2D eigenvalue weighted by molar-refractivity contribution is 5.75. The Morgan fingerprint density at radius 1 is 0.724 bits per heavy atom. The van der Waals surface area contributed by atoms with Crippen LogP contribution in [0.3, 0.4) is 0 Å². The number of rotatable bonds is 7. The molecule has 3 nitrogen and oxygen atoms in total. The maximum Gasteiger partial charge on any atom is 0.119 e. The van der Waals surface area contributed by atoms with Crippen LogP contribution in [0, 0.1) is 0 Å². The summed E-state index contributed by atoms with van der Waals surface area (Å²) in [5.74, 6) is 0.859. The fourth-order valence-electron chi connectivity index (χ4n) is 3.10. The van der Waals surface area contributed by atoms with Gasteiger partial charge in [-0.1, -0.05) is 54.6 Å². The predicted molar refractivity (Wildman–Crippen MR) is 119 cm³/mol. The fourth-order valence-corrected chi connectivity index (χ4v) is 3.10. The first-order valence-corrected chi connectivity index (χ1v) is 9.66. The van der Waals surface area contributed by atoms with Crippen LogP contribution in [0.1, 0.15) is 6.42 Å². The SMILES string of the molecule is C=CCCOc1ccc(-c2cc(-c3ccccc3)nc(-c3ccccn3)c2)cc1. The van der Waals surface area contributed by atoms with Gasteiger partial charge >= 0.3 is 0 Å². The molecule has 2 aromatic carbocycles. The molecule has 0 saturated heterocycles. The number of hydrogen-bond acceptors (Lipinski definition) is 3. The monoisotopic (exact) mass is 378 g/mol. The van der Waals surface area contributed by atoms with Crippen LogP contribution in [0.15, 0.2) is 104 Å². The van der Waals surface area contributed by atoms with Gasteiger partial charge in [0, 0.05) is 11.8 Å². The minimum Gasteiger partial charge on any atom is -0.493 e. The minimum atomic E-state index is 0.639. The molecule has 4 aromatic rings. The molecule has 0 N–H and O–H groups in total. The molecule has 0 aliphatic carbocycles. The van der Waals surface area contributed by atoms with E-state index in [1.165, 1.54) is 0 Å². The fraction of sp³-hybridized carbons (Fsp3) is 0.0769. The average Bonchev–Trinajstić information content (AvgIpc) is 2.80. The van der Waals surface area contributed by atoms with E-state index in [9.17, 15) is 0 Å². The summed E-state index contributed by atoms with van der Waals surface area (Å²) in [6.07, 6.45) is 4.48. The van der Waals surface area contributed by atoms with Crippen LogP contribution < -0.4 is 4.74 Å². The van der Waals surface area contributed by atoms with Crippen molar-refractivity contribution in [1.82, 2.24) is 9.97 Å². The summed E-state index contributed by atoms with van der Waals surface area (Å²) >= 11 is 0. The average molecular weight is 378 g/mol. The van der Waals surface area contributed by atoms with Gasteiger partial charge in [-0.05, 0) is 53.9 Å². The zero-order chi connectivity index (χ0) is 19.9. The van der Waals surface area contributed by atoms with Crippen LogP contribution in [-0.2, 0) is 0 Å². The zero-order valence-corrected chi connectivity index (χ0v) is 16.2. The van der Waals surface area contributed by atoms with Crippen molar-refractivity contribution in [1.29, 1.82) is 0 Å². The number of pyridine rings is 2. The third-order valence-corrected chi connectivity index (χ3v) is 4.60. The molecule has 0 amide bonds. The summed E-state index contributed by atoms with van der Waals surface area (Å²) in [6, 6.07) is 28.5. The molecular formula is C26H22N2O. The van der Waals surface area contributed by atoms with Gasteiger partial charge < -0.3 is 4.74 Å². The summed E-state index contributed by atoms with van der Waals surface area (Å²) in [5.41, 5.74) is 5.92. The molecule has 0 atom stereocenters. The molecular weight excluding hydrogens is 356 g/mol. The summed E-state index contributed by atoms with van der Waals surface area (Å²) in [7, 11) is 0. The van der Waals surface area contributed by atoms with Gasteiger partial charge in [0.2, 0.25) is 0 Å². The Kier molecular flexibility index (Phi) is 5.77. The van der Waals surface area contributed by atoms with Crippen LogP contribution in [0.5, 0.6) is 5.75 Å². The second kappa shape index (κ2) is 8.98. The lowest BCUT2D eigenvalue weighted by Gasteiger charge is -2.11. The molecule has 2 aromatic heterocycles. The third kappa shape index (κ3) is 4.58. The normalized spacial score (nSPS) is 10.5. The third-order valence-electron chi connectivity index (χ3n) is 4.60. The molecule has 0 spiro atoms. The molecule has 29 heavy (non-hydrogen) atoms. The first-order valence-electron chi connectivity index (χ1n) is 9.66. The number of ether oxygens (including phenoxy) is 1. The second-order valence-electron chi connectivity index (χ2n) is 6.66. The quantitative estimate of drug-likeness (QED) is 0.274. The van der Waals surface area contributed by atoms with E-state index in [4.69, 9.17) is 9.72 Å². The Morgan fingerprint density at radius 2 is 1.48 bits per heavy atom. The van der Waals surface area contributed by atoms with E-state index in [1.807, 2.05) is 54.6 Å². The van der Waals surface area contributed by atoms with Crippen LogP contribution >= 0.6 is 0 Å². The van der Waals surface area contributed by atoms with Gasteiger partial charge in [0.15, 0.2) is 0 Å². The van der Waals surface area contributed by atoms with E-state index in [0.29, 0.717) is 6.61 Å². The van der Waals surface area contributed by atoms with E-state index in [2.05, 4.69) is 48.0 Å². The van der Waals surface area contributed by atoms with Crippen molar-refractivity contribution >= 4 is 0 Å². The van der Waals surface area contributed by atoms with E-state index < -0.39 is 0 Å². The van der Waals surface area contributed by atoms with Crippen molar-refractivity contribution < 1.29 is 4.74 Å². The molecule has 0 aliphatic heterocycles. The molecule has 0 radical (unpaired) electrons. The molecule has 0 saturated carbocycles. The van der Waals surface area contributed by atoms with Crippen molar-refractivity contribution in [3.05, 3.63) is 104 Å². The van der Waals surface area contributed by atoms with E-state index >= 15 is 0 Å². The maximum atomic E-state index is 5.73. The molecule has 3 heteroatoms. The molecule has 0 fully saturated rings. The van der Waals surface area contributed by atoms with Crippen LogP contribution in [-0.4, -0.2) is 16.6 Å². The van der Waals surface area contributed by atoms with Gasteiger partial charge in [-0.3, -0.25) is 4.98 Å². The lowest BCUT2D eigenvalue weighted by Crippen LogP contribution is -1.95. The standard InChI is InChI=1S/C26H22N2O/c1-2-3-17-29-23-14-12-20(13-15-23)22-18-25(21-9-5-4-6-10-21)28-26(19-22)24-11-7-8-16-27-24/h2,4-16,18-19H,1,3,17H2.